The van der Waals surface area contributed by atoms with Crippen molar-refractivity contribution in [2.24, 2.45) is 0 Å². The molecule has 0 aromatic heterocycles. The van der Waals surface area contributed by atoms with E-state index < -0.39 is 5.97 Å². The highest BCUT2D eigenvalue weighted by molar-refractivity contribution is 5.88. The lowest BCUT2D eigenvalue weighted by molar-refractivity contribution is 0.0697. The first-order chi connectivity index (χ1) is 9.70. The molecule has 0 bridgehead atoms. The molecule has 0 aliphatic heterocycles. The average Bonchev–Trinajstić information content (AvgIpc) is 2.48. The molecule has 0 spiro atoms. The van der Waals surface area contributed by atoms with E-state index in [0.29, 0.717) is 6.61 Å². The second-order valence-corrected chi connectivity index (χ2v) is 4.12. The minimum Gasteiger partial charge on any atom is -0.481 e. The van der Waals surface area contributed by atoms with Gasteiger partial charge in [0.1, 0.15) is 12.4 Å². The average molecular weight is 266 g/mol. The molecule has 0 unspecified atom stereocenters. The first-order valence-corrected chi connectivity index (χ1v) is 6.17. The van der Waals surface area contributed by atoms with E-state index >= 15 is 0 Å². The Morgan fingerprint density at radius 1 is 1.05 bits per heavy atom. The van der Waals surface area contributed by atoms with Gasteiger partial charge in [-0.2, -0.15) is 0 Å². The number of hydrogen-bond acceptors (Lipinski definition) is 2. The molecule has 0 atom stereocenters. The molecule has 100 valence electrons. The summed E-state index contributed by atoms with van der Waals surface area (Å²) in [5.41, 5.74) is 2.26. The van der Waals surface area contributed by atoms with Crippen LogP contribution < -0.4 is 4.74 Å². The van der Waals surface area contributed by atoms with Gasteiger partial charge in [0.25, 0.3) is 0 Å². The van der Waals surface area contributed by atoms with E-state index in [4.69, 9.17) is 9.84 Å². The number of rotatable bonds is 4. The van der Waals surface area contributed by atoms with Crippen LogP contribution >= 0.6 is 0 Å². The summed E-state index contributed by atoms with van der Waals surface area (Å²) in [5.74, 6) is 5.44. The second-order valence-electron chi connectivity index (χ2n) is 4.12. The van der Waals surface area contributed by atoms with Crippen LogP contribution in [0.15, 0.2) is 48.5 Å². The van der Waals surface area contributed by atoms with Crippen molar-refractivity contribution < 1.29 is 14.6 Å². The number of hydrogen-bond donors (Lipinski definition) is 1. The van der Waals surface area contributed by atoms with Crippen molar-refractivity contribution in [1.29, 1.82) is 0 Å². The van der Waals surface area contributed by atoms with Crippen LogP contribution in [0.3, 0.4) is 0 Å². The maximum atomic E-state index is 10.8. The number of carboxylic acids is 1. The van der Waals surface area contributed by atoms with Crippen LogP contribution in [-0.2, 0) is 0 Å². The summed E-state index contributed by atoms with van der Waals surface area (Å²) in [6.45, 7) is 2.15. The predicted octanol–water partition coefficient (Wildman–Crippen LogP) is 3.45. The van der Waals surface area contributed by atoms with Gasteiger partial charge in [-0.25, -0.2) is 4.79 Å². The van der Waals surface area contributed by atoms with Crippen LogP contribution in [0.1, 0.15) is 17.3 Å². The summed E-state index contributed by atoms with van der Waals surface area (Å²) in [5, 5.41) is 8.86. The Morgan fingerprint density at radius 3 is 2.10 bits per heavy atom. The van der Waals surface area contributed by atoms with E-state index in [1.807, 2.05) is 24.3 Å². The normalized spacial score (nSPS) is 9.45. The first-order valence-electron chi connectivity index (χ1n) is 6.17. The third-order valence-electron chi connectivity index (χ3n) is 2.81. The highest BCUT2D eigenvalue weighted by Gasteiger charge is 2.03. The lowest BCUT2D eigenvalue weighted by Gasteiger charge is -2.05. The summed E-state index contributed by atoms with van der Waals surface area (Å²) in [4.78, 5) is 10.8. The molecule has 0 heterocycles. The molecular formula is C17H14O3. The van der Waals surface area contributed by atoms with Crippen LogP contribution in [0.25, 0.3) is 11.1 Å². The van der Waals surface area contributed by atoms with Crippen LogP contribution in [0.4, 0.5) is 0 Å². The molecule has 0 radical (unpaired) electrons. The molecule has 2 rings (SSSR count). The van der Waals surface area contributed by atoms with Gasteiger partial charge in [0.05, 0.1) is 5.56 Å². The topological polar surface area (TPSA) is 46.5 Å². The molecule has 0 aliphatic carbocycles. The summed E-state index contributed by atoms with van der Waals surface area (Å²) >= 11 is 0. The lowest BCUT2D eigenvalue weighted by atomic mass is 10.0. The molecule has 0 saturated heterocycles. The maximum Gasteiger partial charge on any atom is 0.335 e. The Kier molecular flexibility index (Phi) is 4.41. The smallest absolute Gasteiger partial charge is 0.335 e. The maximum absolute atomic E-state index is 10.8. The van der Waals surface area contributed by atoms with Crippen molar-refractivity contribution in [2.75, 3.05) is 6.61 Å². The Balaban J connectivity index is 2.12. The fourth-order valence-corrected chi connectivity index (χ4v) is 1.74. The zero-order valence-electron chi connectivity index (χ0n) is 11.1. The van der Waals surface area contributed by atoms with Gasteiger partial charge in [0.2, 0.25) is 0 Å². The second kappa shape index (κ2) is 6.44. The fourth-order valence-electron chi connectivity index (χ4n) is 1.74. The van der Waals surface area contributed by atoms with Gasteiger partial charge in [-0.3, -0.25) is 0 Å². The van der Waals surface area contributed by atoms with Crippen molar-refractivity contribution in [3.05, 3.63) is 54.1 Å². The number of aromatic carboxylic acids is 1. The van der Waals surface area contributed by atoms with Gasteiger partial charge in [0, 0.05) is 0 Å². The summed E-state index contributed by atoms with van der Waals surface area (Å²) < 4.78 is 5.44. The number of ether oxygens (including phenoxy) is 1. The van der Waals surface area contributed by atoms with Crippen molar-refractivity contribution in [3.63, 3.8) is 0 Å². The minimum atomic E-state index is -0.919. The highest BCUT2D eigenvalue weighted by Crippen LogP contribution is 2.22. The largest absolute Gasteiger partial charge is 0.481 e. The molecule has 20 heavy (non-hydrogen) atoms. The highest BCUT2D eigenvalue weighted by atomic mass is 16.5. The SMILES string of the molecule is CC#CCOc1ccc(-c2ccc(C(=O)O)cc2)cc1. The standard InChI is InChI=1S/C17H14O3/c1-2-3-12-20-16-10-8-14(9-11-16)13-4-6-15(7-5-13)17(18)19/h4-11H,12H2,1H3,(H,18,19). The molecule has 0 fully saturated rings. The van der Waals surface area contributed by atoms with E-state index in [-0.39, 0.29) is 5.56 Å². The zero-order valence-corrected chi connectivity index (χ0v) is 11.1. The molecule has 0 aliphatic rings. The van der Waals surface area contributed by atoms with E-state index in [1.54, 1.807) is 31.2 Å². The Morgan fingerprint density at radius 2 is 1.60 bits per heavy atom. The molecule has 3 nitrogen and oxygen atoms in total. The molecule has 1 N–H and O–H groups in total. The quantitative estimate of drug-likeness (QED) is 0.862. The van der Waals surface area contributed by atoms with Gasteiger partial charge in [-0.05, 0) is 42.3 Å². The third kappa shape index (κ3) is 3.39. The van der Waals surface area contributed by atoms with E-state index in [1.165, 1.54) is 0 Å². The fraction of sp³-hybridized carbons (Fsp3) is 0.118. The van der Waals surface area contributed by atoms with Crippen molar-refractivity contribution in [3.8, 4) is 28.7 Å². The van der Waals surface area contributed by atoms with Gasteiger partial charge in [-0.15, -0.1) is 5.92 Å². The monoisotopic (exact) mass is 266 g/mol. The predicted molar refractivity (Wildman–Crippen MR) is 77.8 cm³/mol. The first kappa shape index (κ1) is 13.7. The molecule has 0 amide bonds. The van der Waals surface area contributed by atoms with Crippen LogP contribution in [0, 0.1) is 11.8 Å². The molecule has 2 aromatic carbocycles. The van der Waals surface area contributed by atoms with Crippen LogP contribution in [0.5, 0.6) is 5.75 Å². The summed E-state index contributed by atoms with van der Waals surface area (Å²) in [6.07, 6.45) is 0. The number of benzene rings is 2. The zero-order chi connectivity index (χ0) is 14.4. The van der Waals surface area contributed by atoms with E-state index in [2.05, 4.69) is 11.8 Å². The molecular weight excluding hydrogens is 252 g/mol. The van der Waals surface area contributed by atoms with Gasteiger partial charge < -0.3 is 9.84 Å². The number of carbonyl (C=O) groups is 1. The van der Waals surface area contributed by atoms with Gasteiger partial charge in [-0.1, -0.05) is 30.2 Å². The minimum absolute atomic E-state index is 0.284. The van der Waals surface area contributed by atoms with Gasteiger partial charge >= 0.3 is 5.97 Å². The van der Waals surface area contributed by atoms with E-state index in [9.17, 15) is 4.79 Å². The van der Waals surface area contributed by atoms with Gasteiger partial charge in [0.15, 0.2) is 0 Å². The third-order valence-corrected chi connectivity index (χ3v) is 2.81. The summed E-state index contributed by atoms with van der Waals surface area (Å²) in [6, 6.07) is 14.4. The van der Waals surface area contributed by atoms with Crippen molar-refractivity contribution >= 4 is 5.97 Å². The molecule has 2 aromatic rings. The van der Waals surface area contributed by atoms with Crippen LogP contribution in [-0.4, -0.2) is 17.7 Å². The molecule has 0 saturated carbocycles. The Bertz CT molecular complexity index is 643. The van der Waals surface area contributed by atoms with E-state index in [0.717, 1.165) is 16.9 Å². The van der Waals surface area contributed by atoms with Crippen molar-refractivity contribution in [2.45, 2.75) is 6.92 Å². The Labute approximate surface area is 117 Å². The summed E-state index contributed by atoms with van der Waals surface area (Å²) in [7, 11) is 0. The number of carboxylic acid groups (broad SMARTS) is 1. The van der Waals surface area contributed by atoms with Crippen molar-refractivity contribution in [1.82, 2.24) is 0 Å². The Hall–Kier alpha value is -2.73. The van der Waals surface area contributed by atoms with Crippen LogP contribution in [0.2, 0.25) is 0 Å². The molecule has 3 heteroatoms. The lowest BCUT2D eigenvalue weighted by Crippen LogP contribution is -1.95.